The molecule has 0 saturated heterocycles. The van der Waals surface area contributed by atoms with Crippen LogP contribution in [-0.2, 0) is 6.54 Å². The SMILES string of the molecule is CN=C(NCc1cc(Cl)ccc1OC(F)F)NCC1CC1.I. The number of ether oxygens (including phenoxy) is 1. The molecule has 1 aromatic carbocycles. The molecule has 2 N–H and O–H groups in total. The van der Waals surface area contributed by atoms with Crippen LogP contribution in [-0.4, -0.2) is 26.2 Å². The van der Waals surface area contributed by atoms with Gasteiger partial charge in [0.15, 0.2) is 5.96 Å². The Morgan fingerprint density at radius 2 is 2.14 bits per heavy atom. The second kappa shape index (κ2) is 9.34. The van der Waals surface area contributed by atoms with Crippen LogP contribution in [0.1, 0.15) is 18.4 Å². The lowest BCUT2D eigenvalue weighted by Gasteiger charge is -2.14. The number of nitrogens with zero attached hydrogens (tertiary/aromatic N) is 1. The van der Waals surface area contributed by atoms with Gasteiger partial charge in [0.05, 0.1) is 0 Å². The van der Waals surface area contributed by atoms with Gasteiger partial charge in [-0.05, 0) is 37.0 Å². The van der Waals surface area contributed by atoms with Crippen LogP contribution in [0, 0.1) is 5.92 Å². The fourth-order valence-corrected chi connectivity index (χ4v) is 2.05. The van der Waals surface area contributed by atoms with Crippen LogP contribution in [0.2, 0.25) is 5.02 Å². The first-order chi connectivity index (χ1) is 10.1. The molecule has 0 bridgehead atoms. The predicted octanol–water partition coefficient (Wildman–Crippen LogP) is 3.63. The van der Waals surface area contributed by atoms with Crippen molar-refractivity contribution in [2.75, 3.05) is 13.6 Å². The number of benzene rings is 1. The molecule has 124 valence electrons. The summed E-state index contributed by atoms with van der Waals surface area (Å²) in [6, 6.07) is 4.55. The molecule has 2 rings (SSSR count). The Morgan fingerprint density at radius 1 is 1.41 bits per heavy atom. The highest BCUT2D eigenvalue weighted by atomic mass is 127. The van der Waals surface area contributed by atoms with Crippen LogP contribution < -0.4 is 15.4 Å². The summed E-state index contributed by atoms with van der Waals surface area (Å²) >= 11 is 5.90. The minimum atomic E-state index is -2.86. The molecule has 0 atom stereocenters. The largest absolute Gasteiger partial charge is 0.434 e. The number of halogens is 4. The van der Waals surface area contributed by atoms with Gasteiger partial charge in [0.25, 0.3) is 0 Å². The van der Waals surface area contributed by atoms with Gasteiger partial charge in [0, 0.05) is 30.7 Å². The molecule has 0 radical (unpaired) electrons. The van der Waals surface area contributed by atoms with Gasteiger partial charge in [-0.1, -0.05) is 11.6 Å². The van der Waals surface area contributed by atoms with Crippen molar-refractivity contribution in [1.29, 1.82) is 0 Å². The Bertz CT molecular complexity index is 513. The van der Waals surface area contributed by atoms with Gasteiger partial charge < -0.3 is 15.4 Å². The first kappa shape index (κ1) is 19.2. The first-order valence-electron chi connectivity index (χ1n) is 6.76. The van der Waals surface area contributed by atoms with Gasteiger partial charge in [-0.2, -0.15) is 8.78 Å². The molecule has 22 heavy (non-hydrogen) atoms. The second-order valence-electron chi connectivity index (χ2n) is 4.88. The smallest absolute Gasteiger partial charge is 0.387 e. The molecule has 0 aromatic heterocycles. The lowest BCUT2D eigenvalue weighted by atomic mass is 10.2. The number of hydrogen-bond acceptors (Lipinski definition) is 2. The maximum Gasteiger partial charge on any atom is 0.387 e. The third kappa shape index (κ3) is 6.51. The third-order valence-electron chi connectivity index (χ3n) is 3.16. The molecule has 1 saturated carbocycles. The lowest BCUT2D eigenvalue weighted by Crippen LogP contribution is -2.37. The van der Waals surface area contributed by atoms with E-state index in [0.717, 1.165) is 6.54 Å². The van der Waals surface area contributed by atoms with Crippen LogP contribution in [0.4, 0.5) is 8.78 Å². The fourth-order valence-electron chi connectivity index (χ4n) is 1.86. The standard InChI is InChI=1S/C14H18ClF2N3O.HI/c1-18-14(19-7-9-2-3-9)20-8-10-6-11(15)4-5-12(10)21-13(16)17;/h4-6,9,13H,2-3,7-8H2,1H3,(H2,18,19,20);1H. The number of nitrogens with one attached hydrogen (secondary N) is 2. The molecule has 1 aliphatic carbocycles. The van der Waals surface area contributed by atoms with Crippen LogP contribution >= 0.6 is 35.6 Å². The molecule has 0 unspecified atom stereocenters. The zero-order valence-electron chi connectivity index (χ0n) is 12.1. The molecule has 8 heteroatoms. The molecule has 0 spiro atoms. The monoisotopic (exact) mass is 445 g/mol. The van der Waals surface area contributed by atoms with E-state index in [1.54, 1.807) is 13.1 Å². The topological polar surface area (TPSA) is 45.7 Å². The van der Waals surface area contributed by atoms with Crippen molar-refractivity contribution >= 4 is 41.5 Å². The molecular formula is C14H19ClF2IN3O. The van der Waals surface area contributed by atoms with E-state index in [4.69, 9.17) is 11.6 Å². The van der Waals surface area contributed by atoms with Crippen molar-refractivity contribution in [2.24, 2.45) is 10.9 Å². The van der Waals surface area contributed by atoms with Crippen molar-refractivity contribution in [3.63, 3.8) is 0 Å². The normalized spacial score (nSPS) is 14.5. The van der Waals surface area contributed by atoms with E-state index < -0.39 is 6.61 Å². The summed E-state index contributed by atoms with van der Waals surface area (Å²) < 4.78 is 29.2. The summed E-state index contributed by atoms with van der Waals surface area (Å²) in [4.78, 5) is 4.09. The number of rotatable bonds is 6. The maximum absolute atomic E-state index is 12.4. The molecule has 0 amide bonds. The molecule has 4 nitrogen and oxygen atoms in total. The van der Waals surface area contributed by atoms with E-state index in [-0.39, 0.29) is 29.7 Å². The highest BCUT2D eigenvalue weighted by molar-refractivity contribution is 14.0. The maximum atomic E-state index is 12.4. The van der Waals surface area contributed by atoms with Crippen LogP contribution in [0.25, 0.3) is 0 Å². The molecule has 1 aromatic rings. The van der Waals surface area contributed by atoms with Crippen molar-refractivity contribution in [3.8, 4) is 5.75 Å². The van der Waals surface area contributed by atoms with Crippen molar-refractivity contribution in [2.45, 2.75) is 26.0 Å². The molecule has 0 aliphatic heterocycles. The zero-order chi connectivity index (χ0) is 15.2. The number of alkyl halides is 2. The summed E-state index contributed by atoms with van der Waals surface area (Å²) in [7, 11) is 1.66. The van der Waals surface area contributed by atoms with Crippen molar-refractivity contribution < 1.29 is 13.5 Å². The Morgan fingerprint density at radius 3 is 2.73 bits per heavy atom. The van der Waals surface area contributed by atoms with Crippen LogP contribution in [0.5, 0.6) is 5.75 Å². The number of hydrogen-bond donors (Lipinski definition) is 2. The van der Waals surface area contributed by atoms with E-state index in [9.17, 15) is 8.78 Å². The highest BCUT2D eigenvalue weighted by Gasteiger charge is 2.21. The lowest BCUT2D eigenvalue weighted by molar-refractivity contribution is -0.0504. The summed E-state index contributed by atoms with van der Waals surface area (Å²) in [5.74, 6) is 1.46. The Hall–Kier alpha value is -0.830. The average molecular weight is 446 g/mol. The van der Waals surface area contributed by atoms with Gasteiger partial charge in [-0.3, -0.25) is 4.99 Å². The Balaban J connectivity index is 0.00000242. The Labute approximate surface area is 150 Å². The van der Waals surface area contributed by atoms with Gasteiger partial charge in [-0.25, -0.2) is 0 Å². The van der Waals surface area contributed by atoms with Crippen molar-refractivity contribution in [1.82, 2.24) is 10.6 Å². The third-order valence-corrected chi connectivity index (χ3v) is 3.40. The van der Waals surface area contributed by atoms with Gasteiger partial charge in [0.1, 0.15) is 5.75 Å². The van der Waals surface area contributed by atoms with E-state index in [1.807, 2.05) is 0 Å². The molecule has 0 heterocycles. The number of guanidine groups is 1. The van der Waals surface area contributed by atoms with Crippen molar-refractivity contribution in [3.05, 3.63) is 28.8 Å². The Kier molecular flexibility index (Phi) is 8.16. The van der Waals surface area contributed by atoms with Gasteiger partial charge in [-0.15, -0.1) is 24.0 Å². The molecule has 1 aliphatic rings. The first-order valence-corrected chi connectivity index (χ1v) is 7.14. The van der Waals surface area contributed by atoms with Gasteiger partial charge in [0.2, 0.25) is 0 Å². The summed E-state index contributed by atoms with van der Waals surface area (Å²) in [6.45, 7) is -1.69. The van der Waals surface area contributed by atoms with E-state index in [1.165, 1.54) is 25.0 Å². The zero-order valence-corrected chi connectivity index (χ0v) is 15.2. The predicted molar refractivity (Wildman–Crippen MR) is 94.4 cm³/mol. The van der Waals surface area contributed by atoms with Crippen LogP contribution in [0.3, 0.4) is 0 Å². The molecule has 1 fully saturated rings. The van der Waals surface area contributed by atoms with E-state index >= 15 is 0 Å². The van der Waals surface area contributed by atoms with Crippen LogP contribution in [0.15, 0.2) is 23.2 Å². The fraction of sp³-hybridized carbons (Fsp3) is 0.500. The highest BCUT2D eigenvalue weighted by Crippen LogP contribution is 2.27. The summed E-state index contributed by atoms with van der Waals surface area (Å²) in [5.41, 5.74) is 0.553. The molecular weight excluding hydrogens is 427 g/mol. The van der Waals surface area contributed by atoms with E-state index in [2.05, 4.69) is 20.4 Å². The quantitative estimate of drug-likeness (QED) is 0.399. The van der Waals surface area contributed by atoms with E-state index in [0.29, 0.717) is 29.0 Å². The second-order valence-corrected chi connectivity index (χ2v) is 5.32. The minimum Gasteiger partial charge on any atom is -0.434 e. The minimum absolute atomic E-state index is 0. The average Bonchev–Trinajstić information content (AvgIpc) is 3.25. The summed E-state index contributed by atoms with van der Waals surface area (Å²) in [6.07, 6.45) is 2.48. The van der Waals surface area contributed by atoms with Gasteiger partial charge >= 0.3 is 6.61 Å². The number of aliphatic imine (C=N–C) groups is 1. The summed E-state index contributed by atoms with van der Waals surface area (Å²) in [5, 5.41) is 6.73.